The van der Waals surface area contributed by atoms with Crippen LogP contribution in [0.2, 0.25) is 0 Å². The summed E-state index contributed by atoms with van der Waals surface area (Å²) in [4.78, 5) is 0. The van der Waals surface area contributed by atoms with Crippen molar-refractivity contribution in [2.75, 3.05) is 24.6 Å². The van der Waals surface area contributed by atoms with Crippen molar-refractivity contribution in [1.29, 1.82) is 0 Å². The van der Waals surface area contributed by atoms with Gasteiger partial charge in [-0.1, -0.05) is 0 Å². The van der Waals surface area contributed by atoms with E-state index in [0.717, 1.165) is 76.0 Å². The molecule has 0 unspecified atom stereocenters. The van der Waals surface area contributed by atoms with Crippen molar-refractivity contribution >= 4 is 6.83 Å². The van der Waals surface area contributed by atoms with Crippen molar-refractivity contribution in [2.24, 2.45) is 0 Å². The van der Waals surface area contributed by atoms with Gasteiger partial charge in [0.2, 0.25) is 0 Å². The maximum atomic E-state index is 11.5. The third kappa shape index (κ3) is 7.90. The van der Waals surface area contributed by atoms with Gasteiger partial charge < -0.3 is 0 Å². The third-order valence-corrected chi connectivity index (χ3v) is 12.6. The predicted molar refractivity (Wildman–Crippen MR) is 87.1 cm³/mol. The zero-order valence-electron chi connectivity index (χ0n) is 14.9. The van der Waals surface area contributed by atoms with Gasteiger partial charge in [0, 0.05) is 0 Å². The SMILES string of the molecule is CCCCP(CCCC)(CCCC)(CCCC)O[Cl+3]([O-])([O-])[O-]. The van der Waals surface area contributed by atoms with E-state index in [9.17, 15) is 14.0 Å². The van der Waals surface area contributed by atoms with Gasteiger partial charge in [-0.05, 0) is 0 Å². The molecule has 22 heavy (non-hydrogen) atoms. The summed E-state index contributed by atoms with van der Waals surface area (Å²) >= 11 is 0. The van der Waals surface area contributed by atoms with Crippen LogP contribution in [0, 0.1) is 10.2 Å². The van der Waals surface area contributed by atoms with Crippen LogP contribution in [0.1, 0.15) is 79.1 Å². The van der Waals surface area contributed by atoms with E-state index in [0.29, 0.717) is 0 Å². The van der Waals surface area contributed by atoms with Crippen molar-refractivity contribution < 1.29 is 28.3 Å². The summed E-state index contributed by atoms with van der Waals surface area (Å²) in [6, 6.07) is 0. The quantitative estimate of drug-likeness (QED) is 0.447. The Bertz CT molecular complexity index is 251. The zero-order chi connectivity index (χ0) is 17.1. The molecule has 0 radical (unpaired) electrons. The molecule has 0 aromatic carbocycles. The van der Waals surface area contributed by atoms with Crippen LogP contribution in [-0.2, 0) is 4.08 Å². The summed E-state index contributed by atoms with van der Waals surface area (Å²) in [5.41, 5.74) is 0. The average Bonchev–Trinajstić information content (AvgIpc) is 2.46. The molecule has 0 fully saturated rings. The molecule has 0 bridgehead atoms. The van der Waals surface area contributed by atoms with E-state index < -0.39 is 17.1 Å². The first-order valence-electron chi connectivity index (χ1n) is 8.89. The Morgan fingerprint density at radius 3 is 1.09 bits per heavy atom. The van der Waals surface area contributed by atoms with Gasteiger partial charge in [0.05, 0.1) is 0 Å². The third-order valence-electron chi connectivity index (χ3n) is 4.59. The molecule has 0 atom stereocenters. The van der Waals surface area contributed by atoms with E-state index >= 15 is 0 Å². The van der Waals surface area contributed by atoms with Gasteiger partial charge >= 0.3 is 139 Å². The summed E-state index contributed by atoms with van der Waals surface area (Å²) in [5, 5.41) is 0. The summed E-state index contributed by atoms with van der Waals surface area (Å²) < 4.78 is 40.1. The molecule has 0 N–H and O–H groups in total. The Morgan fingerprint density at radius 2 is 0.909 bits per heavy atom. The molecule has 0 aromatic rings. The second kappa shape index (κ2) is 10.4. The second-order valence-electron chi connectivity index (χ2n) is 6.61. The van der Waals surface area contributed by atoms with Gasteiger partial charge in [0.1, 0.15) is 0 Å². The van der Waals surface area contributed by atoms with Crippen molar-refractivity contribution in [3.05, 3.63) is 0 Å². The molecule has 0 aliphatic carbocycles. The van der Waals surface area contributed by atoms with Gasteiger partial charge in [-0.3, -0.25) is 0 Å². The Morgan fingerprint density at radius 1 is 0.636 bits per heavy atom. The molecule has 0 spiro atoms. The van der Waals surface area contributed by atoms with Crippen molar-refractivity contribution in [3.63, 3.8) is 0 Å². The number of unbranched alkanes of at least 4 members (excludes halogenated alkanes) is 4. The van der Waals surface area contributed by atoms with Gasteiger partial charge in [0.15, 0.2) is 0 Å². The summed E-state index contributed by atoms with van der Waals surface area (Å²) in [6.07, 6.45) is 10.9. The number of rotatable bonds is 14. The molecule has 4 nitrogen and oxygen atoms in total. The number of hydrogen-bond acceptors (Lipinski definition) is 4. The summed E-state index contributed by atoms with van der Waals surface area (Å²) in [7, 11) is -4.35. The van der Waals surface area contributed by atoms with E-state index in [4.69, 9.17) is 4.08 Å². The molecule has 136 valence electrons. The van der Waals surface area contributed by atoms with E-state index in [1.54, 1.807) is 0 Å². The molecule has 0 rings (SSSR count). The fourth-order valence-corrected chi connectivity index (χ4v) is 12.1. The van der Waals surface area contributed by atoms with Crippen LogP contribution < -0.4 is 14.0 Å². The number of halogens is 1. The topological polar surface area (TPSA) is 78.4 Å². The first-order chi connectivity index (χ1) is 10.3. The van der Waals surface area contributed by atoms with Crippen molar-refractivity contribution in [3.8, 4) is 0 Å². The Labute approximate surface area is 139 Å². The second-order valence-corrected chi connectivity index (χ2v) is 13.4. The Balaban J connectivity index is 5.65. The van der Waals surface area contributed by atoms with Crippen molar-refractivity contribution in [1.82, 2.24) is 0 Å². The molecule has 0 saturated carbocycles. The molecule has 0 aliphatic rings. The predicted octanol–water partition coefficient (Wildman–Crippen LogP) is 2.57. The van der Waals surface area contributed by atoms with E-state index in [1.165, 1.54) is 0 Å². The Hall–Kier alpha value is 0.560. The summed E-state index contributed by atoms with van der Waals surface area (Å²) in [5.74, 6) is 0. The standard InChI is InChI=1S/C16H36ClO4P/c1-5-9-13-22(14-10-6-2,15-11-7-3,16-12-8-4)21-17(18,19)20/h5-16H2,1-4H3. The van der Waals surface area contributed by atoms with E-state index in [1.807, 2.05) is 0 Å². The average molecular weight is 359 g/mol. The maximum absolute atomic E-state index is 11.5. The fourth-order valence-electron chi connectivity index (χ4n) is 3.28. The van der Waals surface area contributed by atoms with Crippen LogP contribution in [0.4, 0.5) is 0 Å². The molecule has 0 amide bonds. The zero-order valence-corrected chi connectivity index (χ0v) is 16.6. The van der Waals surface area contributed by atoms with Gasteiger partial charge in [0.25, 0.3) is 0 Å². The molecular weight excluding hydrogens is 323 g/mol. The van der Waals surface area contributed by atoms with Crippen LogP contribution in [0.15, 0.2) is 0 Å². The van der Waals surface area contributed by atoms with Gasteiger partial charge in [-0.25, -0.2) is 0 Å². The molecule has 0 heterocycles. The first kappa shape index (κ1) is 22.6. The molecule has 0 aromatic heterocycles. The molecule has 0 aliphatic heterocycles. The van der Waals surface area contributed by atoms with Crippen LogP contribution in [0.5, 0.6) is 0 Å². The molecular formula is C16H36ClO4P. The number of hydrogen-bond donors (Lipinski definition) is 0. The van der Waals surface area contributed by atoms with Crippen LogP contribution in [-0.4, -0.2) is 24.6 Å². The minimum absolute atomic E-state index is 0.788. The molecule has 0 saturated heterocycles. The van der Waals surface area contributed by atoms with Gasteiger partial charge in [-0.2, -0.15) is 0 Å². The van der Waals surface area contributed by atoms with Crippen LogP contribution >= 0.6 is 6.83 Å². The monoisotopic (exact) mass is 358 g/mol. The first-order valence-corrected chi connectivity index (χ1v) is 13.0. The summed E-state index contributed by atoms with van der Waals surface area (Å²) in [6.45, 7) is 5.45. The van der Waals surface area contributed by atoms with E-state index in [-0.39, 0.29) is 0 Å². The fraction of sp³-hybridized carbons (Fsp3) is 1.00. The van der Waals surface area contributed by atoms with Crippen molar-refractivity contribution in [2.45, 2.75) is 79.1 Å². The van der Waals surface area contributed by atoms with Gasteiger partial charge in [-0.15, -0.1) is 0 Å². The Kier molecular flexibility index (Phi) is 10.7. The molecule has 6 heteroatoms. The van der Waals surface area contributed by atoms with E-state index in [2.05, 4.69) is 27.7 Å². The minimum atomic E-state index is -4.35. The van der Waals surface area contributed by atoms with Crippen LogP contribution in [0.3, 0.4) is 0 Å². The van der Waals surface area contributed by atoms with Crippen LogP contribution in [0.25, 0.3) is 0 Å². The normalized spacial score (nSPS) is 14.8.